The van der Waals surface area contributed by atoms with E-state index < -0.39 is 10.0 Å². The van der Waals surface area contributed by atoms with E-state index in [9.17, 15) is 8.42 Å². The van der Waals surface area contributed by atoms with Crippen molar-refractivity contribution in [2.24, 2.45) is 0 Å². The van der Waals surface area contributed by atoms with Gasteiger partial charge >= 0.3 is 0 Å². The van der Waals surface area contributed by atoms with E-state index in [0.717, 1.165) is 39.6 Å². The van der Waals surface area contributed by atoms with E-state index in [2.05, 4.69) is 33.0 Å². The normalized spacial score (nSPS) is 11.6. The Morgan fingerprint density at radius 3 is 2.63 bits per heavy atom. The summed E-state index contributed by atoms with van der Waals surface area (Å²) in [6.07, 6.45) is 5.56. The van der Waals surface area contributed by atoms with Crippen LogP contribution in [0.15, 0.2) is 76.7 Å². The number of rotatable bonds is 8. The molecule has 10 heteroatoms. The summed E-state index contributed by atoms with van der Waals surface area (Å²) in [4.78, 5) is 15.6. The Labute approximate surface area is 213 Å². The molecule has 7 nitrogen and oxygen atoms in total. The number of nitrogens with zero attached hydrogens (tertiary/aromatic N) is 4. The highest BCUT2D eigenvalue weighted by Crippen LogP contribution is 2.34. The number of thiophene rings is 1. The molecular weight excluding hydrogens is 499 g/mol. The summed E-state index contributed by atoms with van der Waals surface area (Å²) >= 11 is 2.84. The van der Waals surface area contributed by atoms with Crippen molar-refractivity contribution < 1.29 is 8.42 Å². The maximum Gasteiger partial charge on any atom is 0.273 e. The van der Waals surface area contributed by atoms with Gasteiger partial charge in [-0.25, -0.2) is 13.4 Å². The van der Waals surface area contributed by atoms with Gasteiger partial charge in [-0.05, 0) is 42.3 Å². The standard InChI is InChI=1S/C24H23N5O2S3.CH4/c1-28(15-17-6-4-10-25-13-17)16-19-14-26-24(33-19)20-12-18-7-3-8-21(23(18)27-20)29(2)34(30,31)22-9-5-11-32-22;/h3-14,27H,15-16H2,1-2H3;1H4. The van der Waals surface area contributed by atoms with Crippen LogP contribution in [0.2, 0.25) is 0 Å². The molecule has 4 heterocycles. The van der Waals surface area contributed by atoms with Crippen LogP contribution >= 0.6 is 22.7 Å². The van der Waals surface area contributed by atoms with Gasteiger partial charge in [0.2, 0.25) is 0 Å². The minimum Gasteiger partial charge on any atom is -0.351 e. The number of benzene rings is 1. The topological polar surface area (TPSA) is 82.2 Å². The molecule has 5 aromatic rings. The Bertz CT molecular complexity index is 1510. The van der Waals surface area contributed by atoms with Gasteiger partial charge in [0, 0.05) is 49.0 Å². The Balaban J connectivity index is 0.00000289. The molecule has 0 amide bonds. The average Bonchev–Trinajstić information content (AvgIpc) is 3.59. The summed E-state index contributed by atoms with van der Waals surface area (Å²) in [5.41, 5.74) is 3.41. The maximum atomic E-state index is 13.1. The van der Waals surface area contributed by atoms with Gasteiger partial charge in [-0.3, -0.25) is 14.2 Å². The monoisotopic (exact) mass is 525 g/mol. The molecule has 0 spiro atoms. The minimum atomic E-state index is -3.62. The van der Waals surface area contributed by atoms with Crippen LogP contribution in [0.1, 0.15) is 17.9 Å². The third-order valence-electron chi connectivity index (χ3n) is 5.47. The molecule has 0 bridgehead atoms. The van der Waals surface area contributed by atoms with Crippen LogP contribution in [0.4, 0.5) is 5.69 Å². The Kier molecular flexibility index (Phi) is 7.36. The zero-order chi connectivity index (χ0) is 23.7. The highest BCUT2D eigenvalue weighted by atomic mass is 32.2. The molecule has 0 radical (unpaired) electrons. The van der Waals surface area contributed by atoms with Gasteiger partial charge in [-0.15, -0.1) is 22.7 Å². The summed E-state index contributed by atoms with van der Waals surface area (Å²) in [7, 11) is 0.0402. The van der Waals surface area contributed by atoms with E-state index in [1.54, 1.807) is 42.1 Å². The lowest BCUT2D eigenvalue weighted by molar-refractivity contribution is 0.321. The lowest BCUT2D eigenvalue weighted by Gasteiger charge is -2.19. The molecule has 0 fully saturated rings. The van der Waals surface area contributed by atoms with Crippen LogP contribution in [0.5, 0.6) is 0 Å². The first kappa shape index (κ1) is 25.1. The van der Waals surface area contributed by atoms with Crippen LogP contribution in [0.25, 0.3) is 21.6 Å². The van der Waals surface area contributed by atoms with Crippen molar-refractivity contribution in [3.8, 4) is 10.7 Å². The number of pyridine rings is 1. The van der Waals surface area contributed by atoms with E-state index in [0.29, 0.717) is 9.90 Å². The average molecular weight is 526 g/mol. The zero-order valence-corrected chi connectivity index (χ0v) is 21.1. The van der Waals surface area contributed by atoms with Crippen LogP contribution in [0, 0.1) is 0 Å². The molecule has 0 aliphatic carbocycles. The van der Waals surface area contributed by atoms with E-state index >= 15 is 0 Å². The van der Waals surface area contributed by atoms with Crippen molar-refractivity contribution >= 4 is 49.3 Å². The third-order valence-corrected chi connectivity index (χ3v) is 9.63. The van der Waals surface area contributed by atoms with Gasteiger partial charge in [0.05, 0.1) is 16.9 Å². The molecule has 182 valence electrons. The molecule has 0 unspecified atom stereocenters. The molecule has 1 aromatic carbocycles. The lowest BCUT2D eigenvalue weighted by atomic mass is 10.2. The van der Waals surface area contributed by atoms with Crippen molar-refractivity contribution in [3.05, 3.63) is 82.9 Å². The quantitative estimate of drug-likeness (QED) is 0.275. The Morgan fingerprint density at radius 2 is 1.89 bits per heavy atom. The second-order valence-corrected chi connectivity index (χ2v) is 12.3. The van der Waals surface area contributed by atoms with Gasteiger partial charge in [0.1, 0.15) is 9.22 Å². The number of anilines is 1. The van der Waals surface area contributed by atoms with E-state index in [1.807, 2.05) is 42.7 Å². The largest absolute Gasteiger partial charge is 0.351 e. The molecule has 1 N–H and O–H groups in total. The van der Waals surface area contributed by atoms with E-state index in [1.165, 1.54) is 21.2 Å². The highest BCUT2D eigenvalue weighted by Gasteiger charge is 2.24. The Morgan fingerprint density at radius 1 is 1.03 bits per heavy atom. The highest BCUT2D eigenvalue weighted by molar-refractivity contribution is 7.94. The first-order valence-electron chi connectivity index (χ1n) is 10.6. The lowest BCUT2D eigenvalue weighted by Crippen LogP contribution is -2.26. The molecule has 0 aliphatic heterocycles. The number of aromatic amines is 1. The molecule has 0 saturated heterocycles. The summed E-state index contributed by atoms with van der Waals surface area (Å²) < 4.78 is 27.8. The van der Waals surface area contributed by atoms with Gasteiger partial charge < -0.3 is 4.98 Å². The summed E-state index contributed by atoms with van der Waals surface area (Å²) in [6, 6.07) is 15.1. The van der Waals surface area contributed by atoms with Crippen LogP contribution in [-0.2, 0) is 23.1 Å². The molecule has 35 heavy (non-hydrogen) atoms. The molecular formula is C25H27N5O2S3. The third kappa shape index (κ3) is 5.15. The number of sulfonamides is 1. The number of para-hydroxylation sites is 1. The van der Waals surface area contributed by atoms with E-state index in [4.69, 9.17) is 0 Å². The first-order chi connectivity index (χ1) is 16.4. The fourth-order valence-corrected chi connectivity index (χ4v) is 7.16. The number of nitrogens with one attached hydrogen (secondary N) is 1. The number of H-pyrrole nitrogens is 1. The van der Waals surface area contributed by atoms with Crippen molar-refractivity contribution in [3.63, 3.8) is 0 Å². The van der Waals surface area contributed by atoms with Gasteiger partial charge in [0.15, 0.2) is 0 Å². The zero-order valence-electron chi connectivity index (χ0n) is 18.7. The predicted molar refractivity (Wildman–Crippen MR) is 145 cm³/mol. The number of thiazole rings is 1. The predicted octanol–water partition coefficient (Wildman–Crippen LogP) is 5.84. The minimum absolute atomic E-state index is 0. The molecule has 5 rings (SSSR count). The first-order valence-corrected chi connectivity index (χ1v) is 13.7. The smallest absolute Gasteiger partial charge is 0.273 e. The molecule has 4 aromatic heterocycles. The molecule has 0 aliphatic rings. The van der Waals surface area contributed by atoms with Crippen LogP contribution in [-0.4, -0.2) is 42.4 Å². The second-order valence-electron chi connectivity index (χ2n) is 7.99. The Hall–Kier alpha value is -3.05. The number of hydrogen-bond acceptors (Lipinski definition) is 7. The summed E-state index contributed by atoms with van der Waals surface area (Å²) in [5.74, 6) is 0. The van der Waals surface area contributed by atoms with Gasteiger partial charge in [0.25, 0.3) is 10.0 Å². The van der Waals surface area contributed by atoms with Gasteiger partial charge in [-0.2, -0.15) is 0 Å². The van der Waals surface area contributed by atoms with E-state index in [-0.39, 0.29) is 7.43 Å². The van der Waals surface area contributed by atoms with Crippen molar-refractivity contribution in [1.29, 1.82) is 0 Å². The van der Waals surface area contributed by atoms with Crippen molar-refractivity contribution in [1.82, 2.24) is 19.9 Å². The fraction of sp³-hybridized carbons (Fsp3) is 0.200. The fourth-order valence-electron chi connectivity index (χ4n) is 3.82. The van der Waals surface area contributed by atoms with Crippen LogP contribution < -0.4 is 4.31 Å². The van der Waals surface area contributed by atoms with Crippen LogP contribution in [0.3, 0.4) is 0 Å². The second kappa shape index (κ2) is 10.3. The SMILES string of the molecule is C.CN(Cc1cccnc1)Cc1cnc(-c2cc3cccc(N(C)S(=O)(=O)c4cccs4)c3[nH]2)s1. The number of aromatic nitrogens is 3. The van der Waals surface area contributed by atoms with Crippen molar-refractivity contribution in [2.75, 3.05) is 18.4 Å². The molecule has 0 atom stereocenters. The number of fused-ring (bicyclic) bond motifs is 1. The maximum absolute atomic E-state index is 13.1. The number of hydrogen-bond donors (Lipinski definition) is 1. The molecule has 0 saturated carbocycles. The summed E-state index contributed by atoms with van der Waals surface area (Å²) in [6.45, 7) is 1.59. The van der Waals surface area contributed by atoms with Crippen molar-refractivity contribution in [2.45, 2.75) is 24.7 Å². The summed E-state index contributed by atoms with van der Waals surface area (Å²) in [5, 5.41) is 3.57. The van der Waals surface area contributed by atoms with Gasteiger partial charge in [-0.1, -0.05) is 31.7 Å².